The number of aliphatic hydroxyl groups is 2. The number of ether oxygens (including phenoxy) is 8. The standard InChI is InChI=1S/C29H39NO15/c1-14(31)30-22-23(36)24(20(43-28(22)37)12-38-11-19-9-7-6-8-10-19)45-29-27(42-18(5)35)26(41-17(4)34)25(40-16(3)33)21(44-29)13-39-15(2)32/h6-10,20-29,36-37H,11-13H2,1-5H3,(H,30,31)/t20-,21-,22-,23-,24?,25+,26+,27-,28+,29+/m1/s1. The number of esters is 4. The number of hydrogen-bond donors (Lipinski definition) is 3. The molecule has 0 aromatic heterocycles. The first-order chi connectivity index (χ1) is 21.3. The molecule has 2 aliphatic heterocycles. The molecule has 2 aliphatic rings. The van der Waals surface area contributed by atoms with Crippen molar-refractivity contribution in [3.05, 3.63) is 35.9 Å². The molecule has 3 rings (SSSR count). The second kappa shape index (κ2) is 16.6. The molecule has 10 atom stereocenters. The smallest absolute Gasteiger partial charge is 0.303 e. The molecule has 16 heteroatoms. The fraction of sp³-hybridized carbons (Fsp3) is 0.621. The molecule has 1 amide bonds. The molecule has 3 N–H and O–H groups in total. The van der Waals surface area contributed by atoms with Gasteiger partial charge in [-0.15, -0.1) is 0 Å². The third-order valence-corrected chi connectivity index (χ3v) is 6.70. The summed E-state index contributed by atoms with van der Waals surface area (Å²) < 4.78 is 44.9. The first kappa shape index (κ1) is 35.8. The predicted molar refractivity (Wildman–Crippen MR) is 147 cm³/mol. The summed E-state index contributed by atoms with van der Waals surface area (Å²) in [6, 6.07) is 7.74. The summed E-state index contributed by atoms with van der Waals surface area (Å²) in [4.78, 5) is 59.9. The Morgan fingerprint density at radius 2 is 1.31 bits per heavy atom. The highest BCUT2D eigenvalue weighted by molar-refractivity contribution is 5.73. The molecular weight excluding hydrogens is 602 g/mol. The Morgan fingerprint density at radius 1 is 0.733 bits per heavy atom. The van der Waals surface area contributed by atoms with Gasteiger partial charge in [0.2, 0.25) is 5.91 Å². The van der Waals surface area contributed by atoms with Crippen molar-refractivity contribution in [3.63, 3.8) is 0 Å². The summed E-state index contributed by atoms with van der Waals surface area (Å²) in [7, 11) is 0. The van der Waals surface area contributed by atoms with Crippen molar-refractivity contribution in [1.82, 2.24) is 5.32 Å². The lowest BCUT2D eigenvalue weighted by atomic mass is 9.95. The van der Waals surface area contributed by atoms with E-state index in [-0.39, 0.29) is 13.2 Å². The molecule has 1 unspecified atom stereocenters. The van der Waals surface area contributed by atoms with E-state index in [1.165, 1.54) is 6.92 Å². The molecule has 1 aromatic rings. The second-order valence-electron chi connectivity index (χ2n) is 10.5. The SMILES string of the molecule is CC(=O)N[C@H]1[C@@H](O)O[C@H](COCc2ccccc2)C(O[C@@H]2O[C@H](COC(C)=O)[C@H](OC(C)=O)[C@H](OC(C)=O)[C@H]2OC(C)=O)[C@@H]1O. The monoisotopic (exact) mass is 641 g/mol. The van der Waals surface area contributed by atoms with E-state index in [0.717, 1.165) is 33.3 Å². The number of nitrogens with one attached hydrogen (secondary N) is 1. The topological polar surface area (TPSA) is 212 Å². The predicted octanol–water partition coefficient (Wildman–Crippen LogP) is -0.746. The van der Waals surface area contributed by atoms with Gasteiger partial charge in [-0.2, -0.15) is 0 Å². The summed E-state index contributed by atoms with van der Waals surface area (Å²) in [5.41, 5.74) is 0.822. The minimum absolute atomic E-state index is 0.133. The lowest BCUT2D eigenvalue weighted by Crippen LogP contribution is -2.68. The highest BCUT2D eigenvalue weighted by Gasteiger charge is 2.55. The van der Waals surface area contributed by atoms with Gasteiger partial charge in [0.1, 0.15) is 37.1 Å². The highest BCUT2D eigenvalue weighted by atomic mass is 16.7. The van der Waals surface area contributed by atoms with Gasteiger partial charge in [-0.1, -0.05) is 30.3 Å². The molecule has 0 spiro atoms. The first-order valence-electron chi connectivity index (χ1n) is 14.1. The lowest BCUT2D eigenvalue weighted by Gasteiger charge is -2.48. The Labute approximate surface area is 259 Å². The van der Waals surface area contributed by atoms with Crippen LogP contribution in [0.4, 0.5) is 0 Å². The van der Waals surface area contributed by atoms with Gasteiger partial charge in [0.25, 0.3) is 0 Å². The van der Waals surface area contributed by atoms with Crippen LogP contribution < -0.4 is 5.32 Å². The van der Waals surface area contributed by atoms with Crippen molar-refractivity contribution < 1.29 is 72.1 Å². The summed E-state index contributed by atoms with van der Waals surface area (Å²) in [5.74, 6) is -3.81. The van der Waals surface area contributed by atoms with Crippen LogP contribution in [0.2, 0.25) is 0 Å². The van der Waals surface area contributed by atoms with Crippen molar-refractivity contribution >= 4 is 29.8 Å². The van der Waals surface area contributed by atoms with E-state index in [4.69, 9.17) is 37.9 Å². The molecule has 2 heterocycles. The summed E-state index contributed by atoms with van der Waals surface area (Å²) in [6.45, 7) is 4.92. The van der Waals surface area contributed by atoms with Gasteiger partial charge in [0.15, 0.2) is 30.9 Å². The largest absolute Gasteiger partial charge is 0.463 e. The van der Waals surface area contributed by atoms with Crippen LogP contribution >= 0.6 is 0 Å². The Bertz CT molecular complexity index is 1180. The first-order valence-corrected chi connectivity index (χ1v) is 14.1. The third-order valence-electron chi connectivity index (χ3n) is 6.70. The molecule has 45 heavy (non-hydrogen) atoms. The number of aliphatic hydroxyl groups excluding tert-OH is 2. The van der Waals surface area contributed by atoms with Crippen LogP contribution in [0, 0.1) is 0 Å². The van der Waals surface area contributed by atoms with E-state index in [9.17, 15) is 34.2 Å². The minimum atomic E-state index is -1.68. The third kappa shape index (κ3) is 10.4. The molecule has 0 bridgehead atoms. The van der Waals surface area contributed by atoms with Crippen molar-refractivity contribution in [2.45, 2.75) is 103 Å². The van der Waals surface area contributed by atoms with Crippen molar-refractivity contribution in [2.75, 3.05) is 13.2 Å². The number of carbonyl (C=O) groups is 5. The molecule has 0 aliphatic carbocycles. The fourth-order valence-electron chi connectivity index (χ4n) is 4.95. The maximum atomic E-state index is 12.2. The van der Waals surface area contributed by atoms with Crippen LogP contribution in [0.15, 0.2) is 30.3 Å². The molecular formula is C29H39NO15. The molecule has 1 aromatic carbocycles. The Morgan fingerprint density at radius 3 is 1.89 bits per heavy atom. The number of amides is 1. The minimum Gasteiger partial charge on any atom is -0.463 e. The van der Waals surface area contributed by atoms with Crippen LogP contribution in [0.25, 0.3) is 0 Å². The van der Waals surface area contributed by atoms with E-state index in [1.54, 1.807) is 0 Å². The van der Waals surface area contributed by atoms with Gasteiger partial charge in [0.05, 0.1) is 13.2 Å². The van der Waals surface area contributed by atoms with Gasteiger partial charge in [-0.05, 0) is 5.56 Å². The molecule has 16 nitrogen and oxygen atoms in total. The van der Waals surface area contributed by atoms with Crippen molar-refractivity contribution in [2.24, 2.45) is 0 Å². The van der Waals surface area contributed by atoms with Gasteiger partial charge in [0, 0.05) is 34.6 Å². The zero-order chi connectivity index (χ0) is 33.3. The van der Waals surface area contributed by atoms with E-state index >= 15 is 0 Å². The normalized spacial score (nSPS) is 31.3. The lowest BCUT2D eigenvalue weighted by molar-refractivity contribution is -0.347. The molecule has 250 valence electrons. The molecule has 0 radical (unpaired) electrons. The number of hydrogen-bond acceptors (Lipinski definition) is 15. The summed E-state index contributed by atoms with van der Waals surface area (Å²) >= 11 is 0. The fourth-order valence-corrected chi connectivity index (χ4v) is 4.95. The maximum absolute atomic E-state index is 12.2. The van der Waals surface area contributed by atoms with E-state index < -0.39 is 97.7 Å². The quantitative estimate of drug-likeness (QED) is 0.189. The maximum Gasteiger partial charge on any atom is 0.303 e. The number of rotatable bonds is 12. The second-order valence-corrected chi connectivity index (χ2v) is 10.5. The number of carbonyl (C=O) groups excluding carboxylic acids is 5. The van der Waals surface area contributed by atoms with Crippen LogP contribution in [0.5, 0.6) is 0 Å². The Balaban J connectivity index is 1.98. The summed E-state index contributed by atoms with van der Waals surface area (Å²) in [6.07, 6.45) is -13.5. The zero-order valence-electron chi connectivity index (χ0n) is 25.5. The van der Waals surface area contributed by atoms with E-state index in [2.05, 4.69) is 5.32 Å². The van der Waals surface area contributed by atoms with Crippen LogP contribution in [0.3, 0.4) is 0 Å². The molecule has 2 saturated heterocycles. The Hall–Kier alpha value is -3.67. The average molecular weight is 642 g/mol. The summed E-state index contributed by atoms with van der Waals surface area (Å²) in [5, 5.41) is 24.4. The van der Waals surface area contributed by atoms with E-state index in [1.807, 2.05) is 30.3 Å². The zero-order valence-corrected chi connectivity index (χ0v) is 25.5. The van der Waals surface area contributed by atoms with Gasteiger partial charge < -0.3 is 53.4 Å². The van der Waals surface area contributed by atoms with Crippen molar-refractivity contribution in [3.8, 4) is 0 Å². The van der Waals surface area contributed by atoms with Crippen molar-refractivity contribution in [1.29, 1.82) is 0 Å². The highest BCUT2D eigenvalue weighted by Crippen LogP contribution is 2.33. The van der Waals surface area contributed by atoms with Gasteiger partial charge in [-0.3, -0.25) is 24.0 Å². The van der Waals surface area contributed by atoms with Gasteiger partial charge >= 0.3 is 23.9 Å². The number of benzene rings is 1. The molecule has 2 fully saturated rings. The van der Waals surface area contributed by atoms with Crippen LogP contribution in [-0.2, 0) is 68.5 Å². The molecule has 0 saturated carbocycles. The van der Waals surface area contributed by atoms with Gasteiger partial charge in [-0.25, -0.2) is 0 Å². The Kier molecular flexibility index (Phi) is 13.2. The van der Waals surface area contributed by atoms with Crippen LogP contribution in [-0.4, -0.2) is 115 Å². The average Bonchev–Trinajstić information content (AvgIpc) is 2.94. The van der Waals surface area contributed by atoms with E-state index in [0.29, 0.717) is 0 Å². The van der Waals surface area contributed by atoms with Crippen LogP contribution in [0.1, 0.15) is 40.2 Å².